The molecular formula is C27H21BrCl2N2O5S. The average molecular weight is 636 g/mol. The number of anilines is 1. The van der Waals surface area contributed by atoms with Crippen LogP contribution < -0.4 is 14.8 Å². The molecule has 196 valence electrons. The first-order chi connectivity index (χ1) is 18.3. The minimum absolute atomic E-state index is 0.0820. The van der Waals surface area contributed by atoms with Gasteiger partial charge in [-0.25, -0.2) is 0 Å². The predicted octanol–water partition coefficient (Wildman–Crippen LogP) is 7.41. The van der Waals surface area contributed by atoms with Crippen molar-refractivity contribution in [3.05, 3.63) is 91.2 Å². The summed E-state index contributed by atoms with van der Waals surface area (Å²) in [5, 5.41) is 3.22. The van der Waals surface area contributed by atoms with Crippen LogP contribution in [-0.4, -0.2) is 35.2 Å². The summed E-state index contributed by atoms with van der Waals surface area (Å²) in [7, 11) is 0. The first-order valence-electron chi connectivity index (χ1n) is 11.4. The molecule has 3 amide bonds. The number of thioether (sulfide) groups is 1. The Labute approximate surface area is 242 Å². The lowest BCUT2D eigenvalue weighted by atomic mass is 10.1. The molecule has 1 saturated heterocycles. The summed E-state index contributed by atoms with van der Waals surface area (Å²) >= 11 is 16.6. The molecule has 7 nitrogen and oxygen atoms in total. The van der Waals surface area contributed by atoms with Crippen molar-refractivity contribution < 1.29 is 23.9 Å². The average Bonchev–Trinajstić information content (AvgIpc) is 3.13. The summed E-state index contributed by atoms with van der Waals surface area (Å²) < 4.78 is 12.0. The van der Waals surface area contributed by atoms with Gasteiger partial charge in [0, 0.05) is 5.02 Å². The van der Waals surface area contributed by atoms with Crippen LogP contribution in [0.15, 0.2) is 70.0 Å². The van der Waals surface area contributed by atoms with E-state index in [9.17, 15) is 14.4 Å². The molecule has 4 rings (SSSR count). The summed E-state index contributed by atoms with van der Waals surface area (Å²) in [6.07, 6.45) is 1.61. The number of ether oxygens (including phenoxy) is 2. The Hall–Kier alpha value is -2.98. The van der Waals surface area contributed by atoms with Gasteiger partial charge in [-0.3, -0.25) is 19.3 Å². The van der Waals surface area contributed by atoms with Gasteiger partial charge in [0.25, 0.3) is 17.1 Å². The zero-order valence-electron chi connectivity index (χ0n) is 20.0. The van der Waals surface area contributed by atoms with Gasteiger partial charge in [0.15, 0.2) is 18.1 Å². The van der Waals surface area contributed by atoms with E-state index in [1.54, 1.807) is 66.7 Å². The summed E-state index contributed by atoms with van der Waals surface area (Å²) in [5.41, 5.74) is 1.77. The highest BCUT2D eigenvalue weighted by Crippen LogP contribution is 2.40. The molecule has 1 aliphatic rings. The third kappa shape index (κ3) is 6.71. The lowest BCUT2D eigenvalue weighted by Crippen LogP contribution is -2.27. The molecule has 1 aliphatic heterocycles. The minimum atomic E-state index is -0.412. The van der Waals surface area contributed by atoms with Crippen molar-refractivity contribution >= 4 is 79.7 Å². The van der Waals surface area contributed by atoms with Gasteiger partial charge in [-0.15, -0.1) is 0 Å². The van der Waals surface area contributed by atoms with Crippen molar-refractivity contribution in [3.63, 3.8) is 0 Å². The number of rotatable bonds is 9. The van der Waals surface area contributed by atoms with Gasteiger partial charge in [-0.2, -0.15) is 0 Å². The quantitative estimate of drug-likeness (QED) is 0.247. The lowest BCUT2D eigenvalue weighted by Gasteiger charge is -2.15. The maximum atomic E-state index is 13.0. The zero-order valence-corrected chi connectivity index (χ0v) is 23.9. The van der Waals surface area contributed by atoms with E-state index in [1.807, 2.05) is 6.92 Å². The van der Waals surface area contributed by atoms with Gasteiger partial charge in [0.05, 0.1) is 33.2 Å². The Morgan fingerprint density at radius 1 is 1.05 bits per heavy atom. The second-order valence-corrected chi connectivity index (χ2v) is 10.6. The van der Waals surface area contributed by atoms with Crippen molar-refractivity contribution in [1.82, 2.24) is 4.90 Å². The third-order valence-electron chi connectivity index (χ3n) is 5.28. The molecule has 0 spiro atoms. The number of para-hydroxylation sites is 1. The first kappa shape index (κ1) is 28.0. The molecule has 0 aromatic heterocycles. The molecule has 0 saturated carbocycles. The van der Waals surface area contributed by atoms with Crippen LogP contribution in [0.25, 0.3) is 6.08 Å². The third-order valence-corrected chi connectivity index (χ3v) is 7.48. The fraction of sp³-hybridized carbons (Fsp3) is 0.148. The summed E-state index contributed by atoms with van der Waals surface area (Å²) in [5.74, 6) is -0.117. The van der Waals surface area contributed by atoms with Crippen LogP contribution in [0.2, 0.25) is 10.0 Å². The van der Waals surface area contributed by atoms with E-state index < -0.39 is 11.8 Å². The standard InChI is InChI=1S/C27H21BrCl2N2O5S/c1-2-36-22-12-16(11-18(28)25(22)37-15-24(33)31-21-10-6-5-9-20(21)30)13-23-26(34)32(27(35)38-23)14-17-7-3-4-8-19(17)29/h3-13H,2,14-15H2,1H3,(H,31,33)/b23-13-. The SMILES string of the molecule is CCOc1cc(/C=C2\SC(=O)N(Cc3ccccc3Cl)C2=O)cc(Br)c1OCC(=O)Nc1ccccc1Cl. The number of hydrogen-bond donors (Lipinski definition) is 1. The number of carbonyl (C=O) groups excluding carboxylic acids is 3. The fourth-order valence-corrected chi connectivity index (χ4v) is 5.34. The predicted molar refractivity (Wildman–Crippen MR) is 154 cm³/mol. The molecule has 11 heteroatoms. The molecule has 1 N–H and O–H groups in total. The van der Waals surface area contributed by atoms with Crippen LogP contribution in [-0.2, 0) is 16.1 Å². The van der Waals surface area contributed by atoms with E-state index in [2.05, 4.69) is 21.2 Å². The summed E-state index contributed by atoms with van der Waals surface area (Å²) in [6, 6.07) is 17.3. The number of nitrogens with one attached hydrogen (secondary N) is 1. The molecule has 3 aromatic rings. The van der Waals surface area contributed by atoms with Gasteiger partial charge >= 0.3 is 0 Å². The van der Waals surface area contributed by atoms with Gasteiger partial charge in [-0.1, -0.05) is 53.5 Å². The highest BCUT2D eigenvalue weighted by molar-refractivity contribution is 9.10. The number of benzene rings is 3. The van der Waals surface area contributed by atoms with Crippen molar-refractivity contribution in [3.8, 4) is 11.5 Å². The van der Waals surface area contributed by atoms with Crippen molar-refractivity contribution in [2.24, 2.45) is 0 Å². The molecule has 0 bridgehead atoms. The van der Waals surface area contributed by atoms with Crippen LogP contribution >= 0.6 is 50.9 Å². The van der Waals surface area contributed by atoms with Crippen molar-refractivity contribution in [2.45, 2.75) is 13.5 Å². The Morgan fingerprint density at radius 3 is 2.47 bits per heavy atom. The zero-order chi connectivity index (χ0) is 27.2. The second kappa shape index (κ2) is 12.7. The Kier molecular flexibility index (Phi) is 9.38. The van der Waals surface area contributed by atoms with Crippen LogP contribution in [0.4, 0.5) is 10.5 Å². The van der Waals surface area contributed by atoms with E-state index in [-0.39, 0.29) is 23.3 Å². The van der Waals surface area contributed by atoms with Gasteiger partial charge in [0.2, 0.25) is 0 Å². The molecule has 1 heterocycles. The number of hydrogen-bond acceptors (Lipinski definition) is 6. The highest BCUT2D eigenvalue weighted by atomic mass is 79.9. The van der Waals surface area contributed by atoms with E-state index in [4.69, 9.17) is 32.7 Å². The van der Waals surface area contributed by atoms with Crippen molar-refractivity contribution in [1.29, 1.82) is 0 Å². The van der Waals surface area contributed by atoms with Gasteiger partial charge in [0.1, 0.15) is 0 Å². The van der Waals surface area contributed by atoms with E-state index in [1.165, 1.54) is 0 Å². The van der Waals surface area contributed by atoms with Gasteiger partial charge in [-0.05, 0) is 82.2 Å². The Morgan fingerprint density at radius 2 is 1.76 bits per heavy atom. The van der Waals surface area contributed by atoms with Crippen LogP contribution in [0, 0.1) is 0 Å². The molecule has 0 aliphatic carbocycles. The molecule has 38 heavy (non-hydrogen) atoms. The van der Waals surface area contributed by atoms with Crippen LogP contribution in [0.5, 0.6) is 11.5 Å². The molecule has 1 fully saturated rings. The van der Waals surface area contributed by atoms with E-state index in [0.717, 1.165) is 16.7 Å². The molecule has 0 unspecified atom stereocenters. The number of carbonyl (C=O) groups is 3. The van der Waals surface area contributed by atoms with Crippen LogP contribution in [0.1, 0.15) is 18.1 Å². The summed E-state index contributed by atoms with van der Waals surface area (Å²) in [6.45, 7) is 1.95. The van der Waals surface area contributed by atoms with E-state index in [0.29, 0.717) is 49.4 Å². The second-order valence-electron chi connectivity index (χ2n) is 7.94. The van der Waals surface area contributed by atoms with E-state index >= 15 is 0 Å². The molecular weight excluding hydrogens is 615 g/mol. The van der Waals surface area contributed by atoms with Crippen molar-refractivity contribution in [2.75, 3.05) is 18.5 Å². The Balaban J connectivity index is 1.50. The first-order valence-corrected chi connectivity index (χ1v) is 13.8. The lowest BCUT2D eigenvalue weighted by molar-refractivity contribution is -0.123. The topological polar surface area (TPSA) is 84.9 Å². The molecule has 0 radical (unpaired) electrons. The maximum absolute atomic E-state index is 13.0. The van der Waals surface area contributed by atoms with Gasteiger partial charge < -0.3 is 14.8 Å². The number of imide groups is 1. The van der Waals surface area contributed by atoms with Crippen LogP contribution in [0.3, 0.4) is 0 Å². The number of halogens is 3. The Bertz CT molecular complexity index is 1430. The molecule has 3 aromatic carbocycles. The maximum Gasteiger partial charge on any atom is 0.293 e. The number of amides is 3. The normalized spacial score (nSPS) is 14.2. The monoisotopic (exact) mass is 634 g/mol. The fourth-order valence-electron chi connectivity index (χ4n) is 3.55. The number of nitrogens with zero attached hydrogens (tertiary/aromatic N) is 1. The highest BCUT2D eigenvalue weighted by Gasteiger charge is 2.35. The smallest absolute Gasteiger partial charge is 0.293 e. The minimum Gasteiger partial charge on any atom is -0.490 e. The largest absolute Gasteiger partial charge is 0.490 e. The summed E-state index contributed by atoms with van der Waals surface area (Å²) in [4.78, 5) is 39.4. The molecule has 0 atom stereocenters.